The van der Waals surface area contributed by atoms with Gasteiger partial charge in [-0.05, 0) is 6.42 Å². The number of nitrogens with one attached hydrogen (secondary N) is 2. The molecule has 0 amide bonds. The van der Waals surface area contributed by atoms with Crippen LogP contribution in [0.2, 0.25) is 0 Å². The molecular formula is C26H58N4O4. The zero-order chi connectivity index (χ0) is 26.1. The van der Waals surface area contributed by atoms with E-state index in [0.717, 1.165) is 45.9 Å². The normalized spacial score (nSPS) is 10.1. The minimum absolute atomic E-state index is 0.345. The molecule has 0 spiro atoms. The summed E-state index contributed by atoms with van der Waals surface area (Å²) in [5.74, 6) is -1.49. The Morgan fingerprint density at radius 3 is 1.15 bits per heavy atom. The SMILES string of the molecule is CC(=O)O.CCCCCCCCCCCCCCCCCC(=O)O.NCCNCCNCCN. The minimum Gasteiger partial charge on any atom is -0.481 e. The van der Waals surface area contributed by atoms with Gasteiger partial charge in [0, 0.05) is 52.6 Å². The molecule has 0 heterocycles. The number of unbranched alkanes of at least 4 members (excludes halogenated alkanes) is 14. The van der Waals surface area contributed by atoms with E-state index in [9.17, 15) is 4.79 Å². The largest absolute Gasteiger partial charge is 0.481 e. The fourth-order valence-electron chi connectivity index (χ4n) is 3.28. The topological polar surface area (TPSA) is 151 Å². The Bertz CT molecular complexity index is 387. The third-order valence-corrected chi connectivity index (χ3v) is 5.11. The number of hydrogen-bond acceptors (Lipinski definition) is 6. The summed E-state index contributed by atoms with van der Waals surface area (Å²) >= 11 is 0. The predicted octanol–water partition coefficient (Wildman–Crippen LogP) is 4.51. The molecule has 0 fully saturated rings. The van der Waals surface area contributed by atoms with Crippen molar-refractivity contribution in [3.8, 4) is 0 Å². The smallest absolute Gasteiger partial charge is 0.303 e. The minimum atomic E-state index is -0.833. The molecule has 0 aromatic heterocycles. The highest BCUT2D eigenvalue weighted by Crippen LogP contribution is 2.13. The first kappa shape index (κ1) is 37.3. The lowest BCUT2D eigenvalue weighted by atomic mass is 10.0. The number of hydrogen-bond donors (Lipinski definition) is 6. The third kappa shape index (κ3) is 52.6. The molecule has 0 unspecified atom stereocenters. The molecule has 0 aliphatic heterocycles. The van der Waals surface area contributed by atoms with Gasteiger partial charge in [-0.25, -0.2) is 0 Å². The Balaban J connectivity index is -0.000000568. The molecule has 0 aliphatic carbocycles. The van der Waals surface area contributed by atoms with Crippen molar-refractivity contribution in [2.75, 3.05) is 39.3 Å². The molecule has 0 saturated heterocycles. The summed E-state index contributed by atoms with van der Waals surface area (Å²) in [7, 11) is 0. The lowest BCUT2D eigenvalue weighted by molar-refractivity contribution is -0.137. The van der Waals surface area contributed by atoms with Crippen LogP contribution in [0.1, 0.15) is 117 Å². The maximum Gasteiger partial charge on any atom is 0.303 e. The Kier molecular flexibility index (Phi) is 39.9. The number of aliphatic carboxylic acids is 2. The van der Waals surface area contributed by atoms with Gasteiger partial charge in [0.2, 0.25) is 0 Å². The average Bonchev–Trinajstić information content (AvgIpc) is 2.79. The molecule has 0 aromatic carbocycles. The molecule has 0 bridgehead atoms. The Labute approximate surface area is 210 Å². The molecule has 34 heavy (non-hydrogen) atoms. The van der Waals surface area contributed by atoms with Gasteiger partial charge in [-0.15, -0.1) is 0 Å². The van der Waals surface area contributed by atoms with Crippen LogP contribution in [-0.2, 0) is 9.59 Å². The van der Waals surface area contributed by atoms with Crippen molar-refractivity contribution in [2.45, 2.75) is 117 Å². The summed E-state index contributed by atoms with van der Waals surface area (Å²) in [5.41, 5.74) is 10.5. The van der Waals surface area contributed by atoms with Crippen molar-refractivity contribution in [2.24, 2.45) is 11.5 Å². The van der Waals surface area contributed by atoms with E-state index in [2.05, 4.69) is 17.6 Å². The first-order valence-corrected chi connectivity index (χ1v) is 13.6. The Morgan fingerprint density at radius 2 is 0.882 bits per heavy atom. The predicted molar refractivity (Wildman–Crippen MR) is 144 cm³/mol. The fraction of sp³-hybridized carbons (Fsp3) is 0.923. The van der Waals surface area contributed by atoms with Crippen LogP contribution in [-0.4, -0.2) is 61.4 Å². The van der Waals surface area contributed by atoms with E-state index < -0.39 is 11.9 Å². The van der Waals surface area contributed by atoms with E-state index in [-0.39, 0.29) is 0 Å². The van der Waals surface area contributed by atoms with Gasteiger partial charge in [-0.1, -0.05) is 96.8 Å². The monoisotopic (exact) mass is 490 g/mol. The van der Waals surface area contributed by atoms with Gasteiger partial charge in [-0.2, -0.15) is 0 Å². The maximum absolute atomic E-state index is 10.3. The molecule has 8 nitrogen and oxygen atoms in total. The van der Waals surface area contributed by atoms with E-state index in [1.54, 1.807) is 0 Å². The second kappa shape index (κ2) is 36.4. The van der Waals surface area contributed by atoms with Gasteiger partial charge in [0.15, 0.2) is 0 Å². The van der Waals surface area contributed by atoms with Crippen LogP contribution in [0.15, 0.2) is 0 Å². The third-order valence-electron chi connectivity index (χ3n) is 5.11. The highest BCUT2D eigenvalue weighted by Gasteiger charge is 1.97. The second-order valence-electron chi connectivity index (χ2n) is 8.69. The highest BCUT2D eigenvalue weighted by atomic mass is 16.4. The zero-order valence-corrected chi connectivity index (χ0v) is 22.4. The molecule has 0 atom stereocenters. The number of carbonyl (C=O) groups is 2. The van der Waals surface area contributed by atoms with Crippen molar-refractivity contribution in [3.63, 3.8) is 0 Å². The van der Waals surface area contributed by atoms with Crippen molar-refractivity contribution in [1.29, 1.82) is 0 Å². The van der Waals surface area contributed by atoms with Crippen LogP contribution in [0.25, 0.3) is 0 Å². The summed E-state index contributed by atoms with van der Waals surface area (Å²) in [6.45, 7) is 8.49. The van der Waals surface area contributed by atoms with Crippen LogP contribution in [0, 0.1) is 0 Å². The lowest BCUT2D eigenvalue weighted by Crippen LogP contribution is -2.32. The van der Waals surface area contributed by atoms with E-state index in [0.29, 0.717) is 19.5 Å². The molecule has 0 aromatic rings. The summed E-state index contributed by atoms with van der Waals surface area (Å²) in [6, 6.07) is 0. The number of carboxylic acids is 2. The van der Waals surface area contributed by atoms with Crippen molar-refractivity contribution in [3.05, 3.63) is 0 Å². The fourth-order valence-corrected chi connectivity index (χ4v) is 3.28. The van der Waals surface area contributed by atoms with Crippen molar-refractivity contribution >= 4 is 11.9 Å². The van der Waals surface area contributed by atoms with Crippen LogP contribution < -0.4 is 22.1 Å². The number of carboxylic acid groups (broad SMARTS) is 2. The summed E-state index contributed by atoms with van der Waals surface area (Å²) < 4.78 is 0. The first-order chi connectivity index (χ1) is 16.4. The van der Waals surface area contributed by atoms with Crippen LogP contribution in [0.3, 0.4) is 0 Å². The van der Waals surface area contributed by atoms with Crippen LogP contribution in [0.5, 0.6) is 0 Å². The highest BCUT2D eigenvalue weighted by molar-refractivity contribution is 5.66. The molecule has 206 valence electrons. The van der Waals surface area contributed by atoms with Gasteiger partial charge in [0.05, 0.1) is 0 Å². The van der Waals surface area contributed by atoms with Gasteiger partial charge >= 0.3 is 5.97 Å². The molecule has 8 heteroatoms. The molecular weight excluding hydrogens is 432 g/mol. The van der Waals surface area contributed by atoms with E-state index in [1.807, 2.05) is 0 Å². The van der Waals surface area contributed by atoms with E-state index in [4.69, 9.17) is 26.5 Å². The summed E-state index contributed by atoms with van der Waals surface area (Å²) in [4.78, 5) is 19.3. The number of nitrogens with two attached hydrogens (primary N) is 2. The van der Waals surface area contributed by atoms with Crippen LogP contribution >= 0.6 is 0 Å². The molecule has 0 radical (unpaired) electrons. The molecule has 0 aliphatic rings. The van der Waals surface area contributed by atoms with Crippen molar-refractivity contribution in [1.82, 2.24) is 10.6 Å². The van der Waals surface area contributed by atoms with Crippen LogP contribution in [0.4, 0.5) is 0 Å². The van der Waals surface area contributed by atoms with Crippen molar-refractivity contribution < 1.29 is 19.8 Å². The quantitative estimate of drug-likeness (QED) is 0.115. The number of rotatable bonds is 23. The summed E-state index contributed by atoms with van der Waals surface area (Å²) in [5, 5.41) is 22.3. The maximum atomic E-state index is 10.3. The van der Waals surface area contributed by atoms with E-state index >= 15 is 0 Å². The van der Waals surface area contributed by atoms with Gasteiger partial charge in [0.25, 0.3) is 5.97 Å². The molecule has 0 saturated carbocycles. The van der Waals surface area contributed by atoms with Gasteiger partial charge < -0.3 is 32.3 Å². The lowest BCUT2D eigenvalue weighted by Gasteiger charge is -2.03. The first-order valence-electron chi connectivity index (χ1n) is 13.6. The zero-order valence-electron chi connectivity index (χ0n) is 22.4. The van der Waals surface area contributed by atoms with E-state index in [1.165, 1.54) is 83.5 Å². The molecule has 8 N–H and O–H groups in total. The Hall–Kier alpha value is -1.22. The van der Waals surface area contributed by atoms with Gasteiger partial charge in [-0.3, -0.25) is 9.59 Å². The standard InChI is InChI=1S/C18H36O2.C6H18N4.C2H4O2/c1-2-3-4-5-6-7-8-9-10-11-12-13-14-15-16-17-18(19)20;7-1-3-9-5-6-10-4-2-8;1-2(3)4/h2-17H2,1H3,(H,19,20);9-10H,1-8H2;1H3,(H,3,4). The summed E-state index contributed by atoms with van der Waals surface area (Å²) in [6.07, 6.45) is 20.2. The second-order valence-corrected chi connectivity index (χ2v) is 8.69. The Morgan fingerprint density at radius 1 is 0.588 bits per heavy atom. The molecule has 0 rings (SSSR count). The average molecular weight is 491 g/mol. The van der Waals surface area contributed by atoms with Gasteiger partial charge in [0.1, 0.15) is 0 Å².